The Bertz CT molecular complexity index is 1100. The van der Waals surface area contributed by atoms with E-state index in [1.165, 1.54) is 0 Å². The minimum atomic E-state index is -4.20. The van der Waals surface area contributed by atoms with E-state index in [0.717, 1.165) is 11.9 Å². The molecule has 2 aliphatic rings. The molecule has 0 bridgehead atoms. The first kappa shape index (κ1) is 25.9. The number of halogens is 4. The molecule has 0 unspecified atom stereocenters. The normalized spacial score (nSPS) is 19.9. The van der Waals surface area contributed by atoms with Gasteiger partial charge in [0, 0.05) is 44.3 Å². The lowest BCUT2D eigenvalue weighted by molar-refractivity contribution is -0.139. The van der Waals surface area contributed by atoms with Crippen LogP contribution >= 0.6 is 0 Å². The Labute approximate surface area is 206 Å². The van der Waals surface area contributed by atoms with Crippen LogP contribution in [0.2, 0.25) is 0 Å². The summed E-state index contributed by atoms with van der Waals surface area (Å²) in [5, 5.41) is 13.1. The number of fused-ring (bicyclic) bond motifs is 1. The van der Waals surface area contributed by atoms with E-state index in [9.17, 15) is 22.4 Å². The van der Waals surface area contributed by atoms with Gasteiger partial charge in [0.05, 0.1) is 30.4 Å². The quantitative estimate of drug-likeness (QED) is 0.507. The molecule has 0 radical (unpaired) electrons. The third-order valence-electron chi connectivity index (χ3n) is 6.69. The van der Waals surface area contributed by atoms with E-state index < -0.39 is 24.0 Å². The number of rotatable bonds is 6. The van der Waals surface area contributed by atoms with Crippen LogP contribution in [0, 0.1) is 5.82 Å². The molecule has 4 rings (SSSR count). The lowest BCUT2D eigenvalue weighted by Gasteiger charge is -2.44. The van der Waals surface area contributed by atoms with Crippen LogP contribution < -0.4 is 10.6 Å². The molecular weight excluding hydrogens is 482 g/mol. The molecule has 2 aliphatic heterocycles. The number of piperazine rings is 1. The third kappa shape index (κ3) is 5.18. The first-order chi connectivity index (χ1) is 16.9. The lowest BCUT2D eigenvalue weighted by Crippen LogP contribution is -2.58. The van der Waals surface area contributed by atoms with E-state index in [0.29, 0.717) is 37.6 Å². The minimum Gasteiger partial charge on any atom is -0.354 e. The highest BCUT2D eigenvalue weighted by Crippen LogP contribution is 2.42. The highest BCUT2D eigenvalue weighted by molar-refractivity contribution is 5.78. The van der Waals surface area contributed by atoms with Gasteiger partial charge in [0.15, 0.2) is 17.5 Å². The van der Waals surface area contributed by atoms with Crippen molar-refractivity contribution in [2.45, 2.75) is 58.4 Å². The summed E-state index contributed by atoms with van der Waals surface area (Å²) in [6, 6.07) is -0.453. The summed E-state index contributed by atoms with van der Waals surface area (Å²) in [5.41, 5.74) is 0.704. The molecule has 14 heteroatoms. The van der Waals surface area contributed by atoms with Crippen LogP contribution in [-0.2, 0) is 12.1 Å². The standard InChI is InChI=1S/C22H31F4N9O/c1-5-27-19-28-10-15(23)18(30-19)29-17-14-12-35(21(3,4)16(14)31-32-17)20(36)34-9-8-33(11-13(34)2)7-6-22(24,25)26/h10,13H,5-9,11-12H2,1-4H3,(H3,27,28,29,30,31,32)/t13-/m0/s1. The van der Waals surface area contributed by atoms with Gasteiger partial charge in [-0.15, -0.1) is 0 Å². The Morgan fingerprint density at radius 3 is 2.69 bits per heavy atom. The van der Waals surface area contributed by atoms with Crippen molar-refractivity contribution in [3.05, 3.63) is 23.3 Å². The number of hydrogen-bond acceptors (Lipinski definition) is 7. The van der Waals surface area contributed by atoms with Gasteiger partial charge in [0.25, 0.3) is 0 Å². The van der Waals surface area contributed by atoms with Crippen LogP contribution in [0.25, 0.3) is 0 Å². The van der Waals surface area contributed by atoms with Crippen molar-refractivity contribution in [2.75, 3.05) is 43.4 Å². The maximum atomic E-state index is 14.4. The number of anilines is 3. The van der Waals surface area contributed by atoms with Gasteiger partial charge in [0.1, 0.15) is 0 Å². The summed E-state index contributed by atoms with van der Waals surface area (Å²) >= 11 is 0. The second-order valence-corrected chi connectivity index (χ2v) is 9.61. The molecule has 0 aromatic carbocycles. The maximum Gasteiger partial charge on any atom is 0.390 e. The topological polar surface area (TPSA) is 105 Å². The van der Waals surface area contributed by atoms with Crippen LogP contribution in [0.4, 0.5) is 39.9 Å². The van der Waals surface area contributed by atoms with Crippen LogP contribution in [0.3, 0.4) is 0 Å². The molecule has 0 saturated carbocycles. The highest BCUT2D eigenvalue weighted by Gasteiger charge is 2.46. The van der Waals surface area contributed by atoms with Crippen LogP contribution in [-0.4, -0.2) is 85.8 Å². The minimum absolute atomic E-state index is 0.0403. The molecule has 10 nitrogen and oxygen atoms in total. The second-order valence-electron chi connectivity index (χ2n) is 9.61. The molecule has 36 heavy (non-hydrogen) atoms. The average Bonchev–Trinajstić information content (AvgIpc) is 3.32. The number of amides is 2. The number of carbonyl (C=O) groups is 1. The van der Waals surface area contributed by atoms with Crippen molar-refractivity contribution < 1.29 is 22.4 Å². The maximum absolute atomic E-state index is 14.4. The molecule has 3 N–H and O–H groups in total. The van der Waals surface area contributed by atoms with E-state index in [2.05, 4.69) is 30.8 Å². The molecule has 0 spiro atoms. The van der Waals surface area contributed by atoms with Crippen LogP contribution in [0.1, 0.15) is 45.4 Å². The van der Waals surface area contributed by atoms with Crippen molar-refractivity contribution in [1.29, 1.82) is 0 Å². The average molecular weight is 514 g/mol. The summed E-state index contributed by atoms with van der Waals surface area (Å²) < 4.78 is 52.2. The molecule has 2 amide bonds. The van der Waals surface area contributed by atoms with Crippen molar-refractivity contribution in [2.24, 2.45) is 0 Å². The van der Waals surface area contributed by atoms with E-state index in [4.69, 9.17) is 0 Å². The summed E-state index contributed by atoms with van der Waals surface area (Å²) in [4.78, 5) is 26.7. The van der Waals surface area contributed by atoms with E-state index in [1.54, 1.807) is 14.7 Å². The SMILES string of the molecule is CCNc1ncc(F)c(Nc2n[nH]c3c2CN(C(=O)N2CCN(CCC(F)(F)F)C[C@@H]2C)C3(C)C)n1. The fourth-order valence-corrected chi connectivity index (χ4v) is 4.70. The van der Waals surface area contributed by atoms with Gasteiger partial charge in [-0.1, -0.05) is 0 Å². The van der Waals surface area contributed by atoms with Crippen LogP contribution in [0.5, 0.6) is 0 Å². The number of aromatic nitrogens is 4. The third-order valence-corrected chi connectivity index (χ3v) is 6.69. The first-order valence-electron chi connectivity index (χ1n) is 11.9. The van der Waals surface area contributed by atoms with Gasteiger partial charge in [-0.3, -0.25) is 10.00 Å². The van der Waals surface area contributed by atoms with Crippen molar-refractivity contribution in [3.63, 3.8) is 0 Å². The summed E-state index contributed by atoms with van der Waals surface area (Å²) in [6.07, 6.45) is -4.01. The van der Waals surface area contributed by atoms with Crippen molar-refractivity contribution >= 4 is 23.6 Å². The number of alkyl halides is 3. The Balaban J connectivity index is 1.47. The first-order valence-corrected chi connectivity index (χ1v) is 11.9. The van der Waals surface area contributed by atoms with Gasteiger partial charge in [-0.2, -0.15) is 23.3 Å². The van der Waals surface area contributed by atoms with E-state index in [-0.39, 0.29) is 36.9 Å². The number of nitrogens with one attached hydrogen (secondary N) is 3. The fraction of sp³-hybridized carbons (Fsp3) is 0.636. The Morgan fingerprint density at radius 1 is 1.28 bits per heavy atom. The number of aromatic amines is 1. The largest absolute Gasteiger partial charge is 0.390 e. The second kappa shape index (κ2) is 9.71. The molecule has 1 fully saturated rings. The number of nitrogens with zero attached hydrogens (tertiary/aromatic N) is 6. The number of H-pyrrole nitrogens is 1. The lowest BCUT2D eigenvalue weighted by atomic mass is 10.0. The molecule has 2 aromatic rings. The molecule has 0 aliphatic carbocycles. The summed E-state index contributed by atoms with van der Waals surface area (Å²) in [7, 11) is 0. The monoisotopic (exact) mass is 513 g/mol. The number of urea groups is 1. The molecule has 1 saturated heterocycles. The zero-order valence-corrected chi connectivity index (χ0v) is 20.7. The smallest absolute Gasteiger partial charge is 0.354 e. The molecule has 2 aromatic heterocycles. The molecule has 198 valence electrons. The van der Waals surface area contributed by atoms with Gasteiger partial charge >= 0.3 is 12.2 Å². The van der Waals surface area contributed by atoms with E-state index >= 15 is 0 Å². The van der Waals surface area contributed by atoms with Gasteiger partial charge < -0.3 is 20.4 Å². The van der Waals surface area contributed by atoms with Gasteiger partial charge in [-0.25, -0.2) is 14.2 Å². The van der Waals surface area contributed by atoms with Gasteiger partial charge in [-0.05, 0) is 27.7 Å². The Hall–Kier alpha value is -3.16. The summed E-state index contributed by atoms with van der Waals surface area (Å²) in [5.74, 6) is -0.0511. The number of hydrogen-bond donors (Lipinski definition) is 3. The van der Waals surface area contributed by atoms with Gasteiger partial charge in [0.2, 0.25) is 5.95 Å². The zero-order chi connectivity index (χ0) is 26.3. The predicted octanol–water partition coefficient (Wildman–Crippen LogP) is 3.64. The Morgan fingerprint density at radius 2 is 2.03 bits per heavy atom. The van der Waals surface area contributed by atoms with Crippen LogP contribution in [0.15, 0.2) is 6.20 Å². The highest BCUT2D eigenvalue weighted by atomic mass is 19.4. The molecular formula is C22H31F4N9O. The fourth-order valence-electron chi connectivity index (χ4n) is 4.70. The molecule has 1 atom stereocenters. The summed E-state index contributed by atoms with van der Waals surface area (Å²) in [6.45, 7) is 9.29. The van der Waals surface area contributed by atoms with Crippen molar-refractivity contribution in [3.8, 4) is 0 Å². The number of carbonyl (C=O) groups excluding carboxylic acids is 1. The van der Waals surface area contributed by atoms with E-state index in [1.807, 2.05) is 27.7 Å². The zero-order valence-electron chi connectivity index (χ0n) is 20.7. The predicted molar refractivity (Wildman–Crippen MR) is 125 cm³/mol. The Kier molecular flexibility index (Phi) is 6.99. The molecule has 4 heterocycles. The van der Waals surface area contributed by atoms with Crippen molar-refractivity contribution in [1.82, 2.24) is 34.9 Å².